The van der Waals surface area contributed by atoms with E-state index in [-0.39, 0.29) is 28.8 Å². The Labute approximate surface area is 173 Å². The second-order valence-electron chi connectivity index (χ2n) is 7.98. The van der Waals surface area contributed by atoms with Crippen LogP contribution in [0.25, 0.3) is 6.08 Å². The molecule has 1 saturated carbocycles. The van der Waals surface area contributed by atoms with Crippen molar-refractivity contribution in [3.8, 4) is 6.07 Å². The van der Waals surface area contributed by atoms with Gasteiger partial charge in [0.2, 0.25) is 15.9 Å². The minimum absolute atomic E-state index is 0.0710. The Balaban J connectivity index is 1.54. The zero-order chi connectivity index (χ0) is 21.0. The maximum absolute atomic E-state index is 12.5. The first-order valence-corrected chi connectivity index (χ1v) is 11.5. The molecule has 1 unspecified atom stereocenters. The maximum Gasteiger partial charge on any atom is 0.246 e. The van der Waals surface area contributed by atoms with Crippen molar-refractivity contribution in [1.29, 1.82) is 5.26 Å². The molecule has 29 heavy (non-hydrogen) atoms. The van der Waals surface area contributed by atoms with Crippen LogP contribution in [0, 0.1) is 17.2 Å². The van der Waals surface area contributed by atoms with Crippen molar-refractivity contribution in [1.82, 2.24) is 14.5 Å². The van der Waals surface area contributed by atoms with Gasteiger partial charge in [-0.3, -0.25) is 9.69 Å². The molecule has 1 saturated heterocycles. The topological polar surface area (TPSA) is 93.5 Å². The van der Waals surface area contributed by atoms with E-state index >= 15 is 0 Å². The Morgan fingerprint density at radius 1 is 1.17 bits per heavy atom. The number of hydrogen-bond donors (Lipinski definition) is 1. The summed E-state index contributed by atoms with van der Waals surface area (Å²) < 4.78 is 27.0. The second-order valence-corrected chi connectivity index (χ2v) is 9.69. The molecule has 1 amide bonds. The van der Waals surface area contributed by atoms with Gasteiger partial charge in [0.15, 0.2) is 0 Å². The monoisotopic (exact) mass is 416 g/mol. The summed E-state index contributed by atoms with van der Waals surface area (Å²) in [5.74, 6) is 0.184. The van der Waals surface area contributed by atoms with Gasteiger partial charge >= 0.3 is 0 Å². The van der Waals surface area contributed by atoms with E-state index in [2.05, 4.69) is 15.7 Å². The van der Waals surface area contributed by atoms with E-state index in [0.717, 1.165) is 18.4 Å². The minimum Gasteiger partial charge on any atom is -0.337 e. The Morgan fingerprint density at radius 2 is 1.79 bits per heavy atom. The first-order valence-electron chi connectivity index (χ1n) is 10.0. The van der Waals surface area contributed by atoms with Crippen molar-refractivity contribution in [2.75, 3.05) is 26.2 Å². The number of amides is 1. The number of rotatable bonds is 7. The van der Waals surface area contributed by atoms with E-state index < -0.39 is 10.0 Å². The van der Waals surface area contributed by atoms with Crippen LogP contribution in [0.2, 0.25) is 0 Å². The van der Waals surface area contributed by atoms with Crippen LogP contribution < -0.4 is 4.72 Å². The first kappa shape index (κ1) is 21.5. The lowest BCUT2D eigenvalue weighted by Gasteiger charge is -2.37. The Morgan fingerprint density at radius 3 is 2.31 bits per heavy atom. The van der Waals surface area contributed by atoms with E-state index in [1.54, 1.807) is 35.2 Å². The van der Waals surface area contributed by atoms with Crippen LogP contribution in [-0.2, 0) is 14.8 Å². The van der Waals surface area contributed by atoms with E-state index in [9.17, 15) is 18.5 Å². The molecular weight excluding hydrogens is 388 g/mol. The molecule has 1 aliphatic carbocycles. The van der Waals surface area contributed by atoms with Gasteiger partial charge in [-0.15, -0.1) is 0 Å². The molecule has 3 rings (SSSR count). The normalized spacial score (nSPS) is 19.4. The molecule has 2 fully saturated rings. The van der Waals surface area contributed by atoms with Gasteiger partial charge in [-0.1, -0.05) is 26.0 Å². The van der Waals surface area contributed by atoms with Crippen LogP contribution in [0.15, 0.2) is 35.2 Å². The third-order valence-corrected chi connectivity index (χ3v) is 6.83. The first-order chi connectivity index (χ1) is 13.8. The van der Waals surface area contributed by atoms with Crippen molar-refractivity contribution in [2.45, 2.75) is 43.7 Å². The second kappa shape index (κ2) is 9.08. The molecule has 0 spiro atoms. The fourth-order valence-corrected chi connectivity index (χ4v) is 4.70. The van der Waals surface area contributed by atoms with Crippen LogP contribution in [0.3, 0.4) is 0 Å². The average Bonchev–Trinajstić information content (AvgIpc) is 3.50. The van der Waals surface area contributed by atoms with Crippen molar-refractivity contribution in [3.63, 3.8) is 0 Å². The molecule has 0 bridgehead atoms. The van der Waals surface area contributed by atoms with Gasteiger partial charge in [-0.05, 0) is 42.5 Å². The fourth-order valence-electron chi connectivity index (χ4n) is 3.39. The zero-order valence-corrected chi connectivity index (χ0v) is 17.7. The molecule has 1 aromatic carbocycles. The molecular formula is C21H28N4O3S. The van der Waals surface area contributed by atoms with Gasteiger partial charge in [0, 0.05) is 38.3 Å². The molecule has 2 aliphatic rings. The summed E-state index contributed by atoms with van der Waals surface area (Å²) >= 11 is 0. The third-order valence-electron chi connectivity index (χ3n) is 5.29. The van der Waals surface area contributed by atoms with E-state index in [4.69, 9.17) is 0 Å². The predicted molar refractivity (Wildman–Crippen MR) is 111 cm³/mol. The van der Waals surface area contributed by atoms with Crippen LogP contribution in [0.4, 0.5) is 0 Å². The third kappa shape index (κ3) is 5.66. The number of nitriles is 1. The summed E-state index contributed by atoms with van der Waals surface area (Å²) in [6.45, 7) is 6.64. The summed E-state index contributed by atoms with van der Waals surface area (Å²) in [7, 11) is -3.46. The lowest BCUT2D eigenvalue weighted by atomic mass is 10.0. The van der Waals surface area contributed by atoms with Crippen LogP contribution >= 0.6 is 0 Å². The van der Waals surface area contributed by atoms with Crippen molar-refractivity contribution in [3.05, 3.63) is 35.9 Å². The van der Waals surface area contributed by atoms with Crippen LogP contribution in [0.1, 0.15) is 32.3 Å². The highest BCUT2D eigenvalue weighted by molar-refractivity contribution is 7.89. The molecule has 1 heterocycles. The van der Waals surface area contributed by atoms with Gasteiger partial charge in [0.1, 0.15) is 6.04 Å². The fraction of sp³-hybridized carbons (Fsp3) is 0.524. The lowest BCUT2D eigenvalue weighted by Crippen LogP contribution is -2.52. The lowest BCUT2D eigenvalue weighted by molar-refractivity contribution is -0.127. The van der Waals surface area contributed by atoms with Gasteiger partial charge in [0.25, 0.3) is 0 Å². The molecule has 1 aromatic rings. The molecule has 0 aromatic heterocycles. The number of carbonyl (C=O) groups is 1. The summed E-state index contributed by atoms with van der Waals surface area (Å²) in [6, 6.07) is 8.81. The predicted octanol–water partition coefficient (Wildman–Crippen LogP) is 1.83. The number of nitrogens with zero attached hydrogens (tertiary/aromatic N) is 3. The van der Waals surface area contributed by atoms with E-state index in [1.165, 1.54) is 6.08 Å². The van der Waals surface area contributed by atoms with Gasteiger partial charge in [0.05, 0.1) is 11.0 Å². The highest BCUT2D eigenvalue weighted by atomic mass is 32.2. The smallest absolute Gasteiger partial charge is 0.246 e. The number of hydrogen-bond acceptors (Lipinski definition) is 5. The summed E-state index contributed by atoms with van der Waals surface area (Å²) in [4.78, 5) is 16.6. The van der Waals surface area contributed by atoms with Gasteiger partial charge in [-0.25, -0.2) is 13.1 Å². The number of piperazine rings is 1. The number of carbonyl (C=O) groups excluding carboxylic acids is 1. The zero-order valence-electron chi connectivity index (χ0n) is 16.9. The minimum atomic E-state index is -3.46. The van der Waals surface area contributed by atoms with Crippen molar-refractivity contribution < 1.29 is 13.2 Å². The van der Waals surface area contributed by atoms with Crippen molar-refractivity contribution >= 4 is 22.0 Å². The number of nitrogens with one attached hydrogen (secondary N) is 1. The summed E-state index contributed by atoms with van der Waals surface area (Å²) in [5, 5.41) is 9.32. The molecule has 1 aliphatic heterocycles. The largest absolute Gasteiger partial charge is 0.337 e. The summed E-state index contributed by atoms with van der Waals surface area (Å²) in [5.41, 5.74) is 0.770. The van der Waals surface area contributed by atoms with E-state index in [0.29, 0.717) is 26.2 Å². The Hall–Kier alpha value is -2.21. The molecule has 8 heteroatoms. The standard InChI is InChI=1S/C21H28N4O3S/c1-16(2)20(15-22)24-11-13-25(14-12-24)21(26)10-5-17-3-8-19(9-4-17)29(27,28)23-18-6-7-18/h3-5,8-10,16,18,20,23H,6-7,11-14H2,1-2H3/b10-5+. The van der Waals surface area contributed by atoms with Gasteiger partial charge < -0.3 is 4.90 Å². The van der Waals surface area contributed by atoms with Crippen LogP contribution in [0.5, 0.6) is 0 Å². The highest BCUT2D eigenvalue weighted by Crippen LogP contribution is 2.22. The highest BCUT2D eigenvalue weighted by Gasteiger charge is 2.28. The summed E-state index contributed by atoms with van der Waals surface area (Å²) in [6.07, 6.45) is 5.01. The average molecular weight is 417 g/mol. The Kier molecular flexibility index (Phi) is 6.73. The number of sulfonamides is 1. The van der Waals surface area contributed by atoms with Gasteiger partial charge in [-0.2, -0.15) is 5.26 Å². The molecule has 1 N–H and O–H groups in total. The molecule has 156 valence electrons. The van der Waals surface area contributed by atoms with Crippen molar-refractivity contribution in [2.24, 2.45) is 5.92 Å². The number of benzene rings is 1. The molecule has 0 radical (unpaired) electrons. The van der Waals surface area contributed by atoms with Crippen LogP contribution in [-0.4, -0.2) is 62.4 Å². The molecule has 1 atom stereocenters. The SMILES string of the molecule is CC(C)C(C#N)N1CCN(C(=O)/C=C/c2ccc(S(=O)(=O)NC3CC3)cc2)CC1. The van der Waals surface area contributed by atoms with E-state index in [1.807, 2.05) is 13.8 Å². The maximum atomic E-state index is 12.5. The molecule has 7 nitrogen and oxygen atoms in total. The quantitative estimate of drug-likeness (QED) is 0.685. The Bertz CT molecular complexity index is 891.